The summed E-state index contributed by atoms with van der Waals surface area (Å²) >= 11 is 6.18. The van der Waals surface area contributed by atoms with Crippen LogP contribution in [0.1, 0.15) is 54.6 Å². The van der Waals surface area contributed by atoms with Gasteiger partial charge in [0.25, 0.3) is 15.9 Å². The monoisotopic (exact) mass is 728 g/mol. The van der Waals surface area contributed by atoms with Crippen molar-refractivity contribution in [2.45, 2.75) is 44.6 Å². The van der Waals surface area contributed by atoms with Crippen molar-refractivity contribution in [1.82, 2.24) is 9.62 Å². The van der Waals surface area contributed by atoms with E-state index in [1.807, 2.05) is 30.3 Å². The molecule has 2 aliphatic rings. The lowest BCUT2D eigenvalue weighted by atomic mass is 9.72. The van der Waals surface area contributed by atoms with Crippen LogP contribution in [0.15, 0.2) is 108 Å². The van der Waals surface area contributed by atoms with Gasteiger partial charge in [-0.2, -0.15) is 0 Å². The molecule has 1 amide bonds. The van der Waals surface area contributed by atoms with Crippen molar-refractivity contribution >= 4 is 44.5 Å². The summed E-state index contributed by atoms with van der Waals surface area (Å²) < 4.78 is 34.1. The number of nitro groups is 1. The number of halogens is 1. The fourth-order valence-corrected chi connectivity index (χ4v) is 7.73. The number of rotatable bonds is 11. The summed E-state index contributed by atoms with van der Waals surface area (Å²) in [5, 5.41) is 12.3. The largest absolute Gasteiger partial charge is 0.482 e. The highest BCUT2D eigenvalue weighted by Gasteiger charge is 2.30. The quantitative estimate of drug-likeness (QED) is 0.123. The zero-order chi connectivity index (χ0) is 36.2. The van der Waals surface area contributed by atoms with Crippen molar-refractivity contribution in [3.63, 3.8) is 0 Å². The van der Waals surface area contributed by atoms with E-state index in [4.69, 9.17) is 16.3 Å². The summed E-state index contributed by atoms with van der Waals surface area (Å²) in [6, 6.07) is 27.2. The Morgan fingerprint density at radius 3 is 2.29 bits per heavy atom. The molecule has 1 N–H and O–H groups in total. The van der Waals surface area contributed by atoms with E-state index in [9.17, 15) is 23.3 Å². The molecule has 0 spiro atoms. The molecule has 0 radical (unpaired) electrons. The maximum atomic E-state index is 13.2. The normalized spacial score (nSPS) is 16.5. The molecule has 1 aliphatic heterocycles. The lowest BCUT2D eigenvalue weighted by molar-refractivity contribution is -0.385. The Morgan fingerprint density at radius 1 is 0.941 bits per heavy atom. The Hall–Kier alpha value is -4.71. The number of allylic oxidation sites excluding steroid dienone is 1. The summed E-state index contributed by atoms with van der Waals surface area (Å²) in [6.07, 6.45) is 3.27. The van der Waals surface area contributed by atoms with Gasteiger partial charge in [-0.1, -0.05) is 73.5 Å². The lowest BCUT2D eigenvalue weighted by Gasteiger charge is -2.39. The second kappa shape index (κ2) is 15.3. The third-order valence-electron chi connectivity index (χ3n) is 9.56. The minimum absolute atomic E-state index is 0.0360. The van der Waals surface area contributed by atoms with Gasteiger partial charge in [0.1, 0.15) is 6.61 Å². The number of carbonyl (C=O) groups is 1. The van der Waals surface area contributed by atoms with Crippen molar-refractivity contribution < 1.29 is 22.9 Å². The highest BCUT2D eigenvalue weighted by molar-refractivity contribution is 7.90. The Bertz CT molecular complexity index is 2030. The molecule has 1 aliphatic carbocycles. The van der Waals surface area contributed by atoms with E-state index in [-0.39, 0.29) is 33.9 Å². The second-order valence-corrected chi connectivity index (χ2v) is 16.0. The van der Waals surface area contributed by atoms with Crippen LogP contribution in [0, 0.1) is 15.5 Å². The number of nitrogens with zero attached hydrogens (tertiary/aromatic N) is 3. The Balaban J connectivity index is 1.07. The minimum atomic E-state index is -4.23. The number of hydrogen-bond donors (Lipinski definition) is 1. The fraction of sp³-hybridized carbons (Fsp3) is 0.308. The molecule has 4 aromatic rings. The first kappa shape index (κ1) is 36.1. The molecule has 0 aromatic heterocycles. The van der Waals surface area contributed by atoms with Gasteiger partial charge in [0, 0.05) is 61.1 Å². The fourth-order valence-electron chi connectivity index (χ4n) is 6.63. The zero-order valence-corrected chi connectivity index (χ0v) is 30.3. The van der Waals surface area contributed by atoms with Gasteiger partial charge in [0.2, 0.25) is 0 Å². The highest BCUT2D eigenvalue weighted by atomic mass is 35.5. The van der Waals surface area contributed by atoms with Gasteiger partial charge in [-0.15, -0.1) is 0 Å². The van der Waals surface area contributed by atoms with Crippen LogP contribution >= 0.6 is 11.6 Å². The van der Waals surface area contributed by atoms with Gasteiger partial charge in [0.15, 0.2) is 5.75 Å². The molecule has 266 valence electrons. The van der Waals surface area contributed by atoms with E-state index in [2.05, 4.69) is 40.5 Å². The molecular weight excluding hydrogens is 688 g/mol. The molecule has 1 heterocycles. The molecular formula is C39H41ClN4O6S. The van der Waals surface area contributed by atoms with Gasteiger partial charge < -0.3 is 9.64 Å². The van der Waals surface area contributed by atoms with Crippen molar-refractivity contribution in [2.75, 3.05) is 37.6 Å². The van der Waals surface area contributed by atoms with Crippen molar-refractivity contribution in [2.24, 2.45) is 5.41 Å². The molecule has 1 fully saturated rings. The Morgan fingerprint density at radius 2 is 1.63 bits per heavy atom. The Kier molecular flexibility index (Phi) is 10.8. The molecule has 0 saturated carbocycles. The van der Waals surface area contributed by atoms with Crippen LogP contribution in [0.3, 0.4) is 0 Å². The number of nitro benzene ring substituents is 1. The standard InChI is InChI=1S/C39H41ClN4O6S/c1-39(2)19-18-31(35(25-39)29-8-11-32(40)12-9-29)26-42-20-22-43(23-21-42)33-13-15-34(16-14-33)51(48,49)41-38(45)30-10-17-36(44(46)47)37(24-30)50-27-28-6-4-3-5-7-28/h3-17,24H,18-23,25-27H2,1-2H3,(H,41,45). The average Bonchev–Trinajstić information content (AvgIpc) is 3.12. The van der Waals surface area contributed by atoms with Crippen molar-refractivity contribution in [1.29, 1.82) is 0 Å². The van der Waals surface area contributed by atoms with Crippen LogP contribution in [-0.4, -0.2) is 56.9 Å². The van der Waals surface area contributed by atoms with Crippen molar-refractivity contribution in [3.8, 4) is 5.75 Å². The Labute approximate surface area is 303 Å². The number of sulfonamides is 1. The number of amides is 1. The topological polar surface area (TPSA) is 122 Å². The molecule has 12 heteroatoms. The third kappa shape index (κ3) is 8.97. The maximum absolute atomic E-state index is 13.2. The maximum Gasteiger partial charge on any atom is 0.310 e. The minimum Gasteiger partial charge on any atom is -0.482 e. The van der Waals surface area contributed by atoms with Gasteiger partial charge in [-0.25, -0.2) is 13.1 Å². The van der Waals surface area contributed by atoms with Gasteiger partial charge >= 0.3 is 5.69 Å². The van der Waals surface area contributed by atoms with E-state index in [0.29, 0.717) is 0 Å². The van der Waals surface area contributed by atoms with E-state index >= 15 is 0 Å². The van der Waals surface area contributed by atoms with E-state index < -0.39 is 20.9 Å². The van der Waals surface area contributed by atoms with Crippen LogP contribution in [0.25, 0.3) is 5.57 Å². The summed E-state index contributed by atoms with van der Waals surface area (Å²) in [4.78, 5) is 28.7. The van der Waals surface area contributed by atoms with E-state index in [0.717, 1.165) is 74.3 Å². The predicted molar refractivity (Wildman–Crippen MR) is 200 cm³/mol. The van der Waals surface area contributed by atoms with Gasteiger partial charge in [0.05, 0.1) is 9.82 Å². The van der Waals surface area contributed by atoms with Gasteiger partial charge in [-0.3, -0.25) is 19.8 Å². The number of ether oxygens (including phenoxy) is 1. The van der Waals surface area contributed by atoms with Crippen LogP contribution in [0.4, 0.5) is 11.4 Å². The number of piperazine rings is 1. The summed E-state index contributed by atoms with van der Waals surface area (Å²) in [7, 11) is -4.23. The number of benzene rings is 4. The molecule has 10 nitrogen and oxygen atoms in total. The van der Waals surface area contributed by atoms with Gasteiger partial charge in [-0.05, 0) is 83.8 Å². The smallest absolute Gasteiger partial charge is 0.310 e. The molecule has 51 heavy (non-hydrogen) atoms. The van der Waals surface area contributed by atoms with Crippen LogP contribution in [0.5, 0.6) is 5.75 Å². The van der Waals surface area contributed by atoms with Crippen LogP contribution in [-0.2, 0) is 16.6 Å². The lowest BCUT2D eigenvalue weighted by Crippen LogP contribution is -2.47. The first-order valence-corrected chi connectivity index (χ1v) is 18.8. The third-order valence-corrected chi connectivity index (χ3v) is 11.2. The molecule has 0 unspecified atom stereocenters. The zero-order valence-electron chi connectivity index (χ0n) is 28.7. The van der Waals surface area contributed by atoms with E-state index in [1.54, 1.807) is 24.3 Å². The molecule has 0 bridgehead atoms. The summed E-state index contributed by atoms with van der Waals surface area (Å²) in [5.74, 6) is -1.06. The average molecular weight is 729 g/mol. The van der Waals surface area contributed by atoms with Crippen LogP contribution < -0.4 is 14.4 Å². The molecule has 1 saturated heterocycles. The van der Waals surface area contributed by atoms with Crippen molar-refractivity contribution in [3.05, 3.63) is 134 Å². The summed E-state index contributed by atoms with van der Waals surface area (Å²) in [5.41, 5.74) is 5.68. The predicted octanol–water partition coefficient (Wildman–Crippen LogP) is 7.73. The highest BCUT2D eigenvalue weighted by Crippen LogP contribution is 2.43. The molecule has 0 atom stereocenters. The number of carbonyl (C=O) groups excluding carboxylic acids is 1. The SMILES string of the molecule is CC1(C)CCC(CN2CCN(c3ccc(S(=O)(=O)NC(=O)c4ccc([N+](=O)[O-])c(OCc5ccccc5)c4)cc3)CC2)=C(c2ccc(Cl)cc2)C1. The summed E-state index contributed by atoms with van der Waals surface area (Å²) in [6.45, 7) is 8.98. The first-order valence-electron chi connectivity index (χ1n) is 16.9. The second-order valence-electron chi connectivity index (χ2n) is 13.8. The van der Waals surface area contributed by atoms with Crippen LogP contribution in [0.2, 0.25) is 5.02 Å². The number of anilines is 1. The number of nitrogens with one attached hydrogen (secondary N) is 1. The molecule has 4 aromatic carbocycles. The molecule has 6 rings (SSSR count). The first-order chi connectivity index (χ1) is 24.4. The van der Waals surface area contributed by atoms with E-state index in [1.165, 1.54) is 41.0 Å². The number of hydrogen-bond acceptors (Lipinski definition) is 8.